The van der Waals surface area contributed by atoms with E-state index in [1.165, 1.54) is 10.2 Å². The van der Waals surface area contributed by atoms with Crippen LogP contribution in [0.4, 0.5) is 0 Å². The standard InChI is InChI=1S/C2H8Si.CH6Si/c1-3-2;1-2/h3H2,1-2H3;1-2H3. The molecule has 0 saturated carbocycles. The molecule has 34 valence electrons. The van der Waals surface area contributed by atoms with Gasteiger partial charge in [-0.2, -0.15) is 0 Å². The van der Waals surface area contributed by atoms with Gasteiger partial charge in [-0.15, -0.1) is 0 Å². The normalized spacial score (nSPS) is 5.40. The molecule has 0 aliphatic rings. The maximum atomic E-state index is 2.26. The topological polar surface area (TPSA) is 0 Å². The smallest absolute Gasteiger partial charge is 0.0135 e. The van der Waals surface area contributed by atoms with Crippen molar-refractivity contribution in [2.75, 3.05) is 0 Å². The zero-order valence-electron chi connectivity index (χ0n) is 4.71. The molecular weight excluding hydrogens is 92.2 g/mol. The van der Waals surface area contributed by atoms with Gasteiger partial charge in [0.1, 0.15) is 0 Å². The molecule has 0 fully saturated rings. The van der Waals surface area contributed by atoms with Crippen LogP contribution in [-0.2, 0) is 0 Å². The van der Waals surface area contributed by atoms with Crippen molar-refractivity contribution in [1.82, 2.24) is 0 Å². The van der Waals surface area contributed by atoms with Crippen LogP contribution in [0.15, 0.2) is 0 Å². The summed E-state index contributed by atoms with van der Waals surface area (Å²) < 4.78 is 0. The quantitative estimate of drug-likeness (QED) is 0.370. The van der Waals surface area contributed by atoms with Crippen LogP contribution in [0.3, 0.4) is 0 Å². The fourth-order valence-electron chi connectivity index (χ4n) is 0. The number of hydrogen-bond acceptors (Lipinski definition) is 0. The van der Waals surface area contributed by atoms with Crippen LogP contribution in [0.1, 0.15) is 0 Å². The van der Waals surface area contributed by atoms with Crippen molar-refractivity contribution in [2.45, 2.75) is 19.6 Å². The molecule has 0 aliphatic carbocycles. The second kappa shape index (κ2) is 25.4. The Morgan fingerprint density at radius 1 is 1.20 bits per heavy atom. The first-order valence-corrected chi connectivity index (χ1v) is 7.24. The van der Waals surface area contributed by atoms with Gasteiger partial charge in [0, 0.05) is 9.52 Å². The molecule has 5 heavy (non-hydrogen) atoms. The molecule has 0 unspecified atom stereocenters. The monoisotopic (exact) mass is 106 g/mol. The third-order valence-corrected chi connectivity index (χ3v) is 0. The molecular formula is C3H14Si2. The van der Waals surface area contributed by atoms with E-state index >= 15 is 0 Å². The highest BCUT2D eigenvalue weighted by atomic mass is 28.2. The van der Waals surface area contributed by atoms with E-state index in [1.807, 2.05) is 0 Å². The lowest BCUT2D eigenvalue weighted by molar-refractivity contribution is 2.14. The van der Waals surface area contributed by atoms with Gasteiger partial charge in [-0.25, -0.2) is 0 Å². The van der Waals surface area contributed by atoms with Gasteiger partial charge in [-0.05, 0) is 10.2 Å². The minimum atomic E-state index is 0.417. The molecule has 0 rings (SSSR count). The molecule has 0 aromatic rings. The average Bonchev–Trinajstić information content (AvgIpc) is 1.46. The molecule has 2 heteroatoms. The maximum absolute atomic E-state index is 2.26. The molecule has 0 spiro atoms. The second-order valence-electron chi connectivity index (χ2n) is 0.707. The Hall–Kier alpha value is 0.434. The molecule has 0 saturated heterocycles. The van der Waals surface area contributed by atoms with E-state index in [2.05, 4.69) is 19.6 Å². The van der Waals surface area contributed by atoms with Gasteiger partial charge in [0.05, 0.1) is 0 Å². The highest BCUT2D eigenvalue weighted by Gasteiger charge is 1.38. The lowest BCUT2D eigenvalue weighted by atomic mass is 11.9. The van der Waals surface area contributed by atoms with E-state index < -0.39 is 0 Å². The van der Waals surface area contributed by atoms with Crippen molar-refractivity contribution >= 4 is 19.8 Å². The third-order valence-electron chi connectivity index (χ3n) is 0. The second-order valence-corrected chi connectivity index (χ2v) is 2.12. The maximum Gasteiger partial charge on any atom is 0.0135 e. The summed E-state index contributed by atoms with van der Waals surface area (Å²) in [6.07, 6.45) is 0. The number of rotatable bonds is 0. The summed E-state index contributed by atoms with van der Waals surface area (Å²) >= 11 is 0. The van der Waals surface area contributed by atoms with Crippen molar-refractivity contribution in [3.8, 4) is 0 Å². The third kappa shape index (κ3) is 140. The molecule has 0 bridgehead atoms. The summed E-state index contributed by atoms with van der Waals surface area (Å²) in [6.45, 7) is 6.67. The highest BCUT2D eigenvalue weighted by Crippen LogP contribution is 1.36. The predicted molar refractivity (Wildman–Crippen MR) is 36.1 cm³/mol. The van der Waals surface area contributed by atoms with Gasteiger partial charge in [-0.3, -0.25) is 0 Å². The van der Waals surface area contributed by atoms with Crippen molar-refractivity contribution in [2.24, 2.45) is 0 Å². The van der Waals surface area contributed by atoms with Crippen molar-refractivity contribution in [3.63, 3.8) is 0 Å². The minimum absolute atomic E-state index is 0.417. The first-order chi connectivity index (χ1) is 2.41. The summed E-state index contributed by atoms with van der Waals surface area (Å²) in [4.78, 5) is 0. The molecule has 0 aromatic heterocycles. The van der Waals surface area contributed by atoms with Gasteiger partial charge in [-0.1, -0.05) is 19.6 Å². The molecule has 0 amide bonds. The van der Waals surface area contributed by atoms with Gasteiger partial charge in [0.2, 0.25) is 0 Å². The summed E-state index contributed by atoms with van der Waals surface area (Å²) in [5, 5.41) is 0. The molecule has 0 nitrogen and oxygen atoms in total. The predicted octanol–water partition coefficient (Wildman–Crippen LogP) is -0.349. The lowest BCUT2D eigenvalue weighted by Gasteiger charge is -1.45. The Morgan fingerprint density at radius 3 is 1.20 bits per heavy atom. The van der Waals surface area contributed by atoms with E-state index in [4.69, 9.17) is 0 Å². The molecule has 0 radical (unpaired) electrons. The van der Waals surface area contributed by atoms with Crippen molar-refractivity contribution in [3.05, 3.63) is 0 Å². The summed E-state index contributed by atoms with van der Waals surface area (Å²) in [5.41, 5.74) is 0. The largest absolute Gasteiger partial charge is 0.0777 e. The first kappa shape index (κ1) is 9.06. The van der Waals surface area contributed by atoms with Crippen LogP contribution < -0.4 is 0 Å². The van der Waals surface area contributed by atoms with E-state index in [9.17, 15) is 0 Å². The average molecular weight is 106 g/mol. The molecule has 0 N–H and O–H groups in total. The van der Waals surface area contributed by atoms with Gasteiger partial charge in [0.15, 0.2) is 0 Å². The summed E-state index contributed by atoms with van der Waals surface area (Å²) in [6, 6.07) is 0. The molecule has 0 aliphatic heterocycles. The molecule has 0 atom stereocenters. The Kier molecular flexibility index (Phi) is 46.1. The van der Waals surface area contributed by atoms with Gasteiger partial charge >= 0.3 is 0 Å². The van der Waals surface area contributed by atoms with Gasteiger partial charge in [0.25, 0.3) is 0 Å². The Morgan fingerprint density at radius 2 is 1.20 bits per heavy atom. The minimum Gasteiger partial charge on any atom is -0.0777 e. The number of hydrogen-bond donors (Lipinski definition) is 0. The summed E-state index contributed by atoms with van der Waals surface area (Å²) in [7, 11) is 1.72. The fraction of sp³-hybridized carbons (Fsp3) is 1.00. The van der Waals surface area contributed by atoms with Crippen LogP contribution in [0.25, 0.3) is 0 Å². The highest BCUT2D eigenvalue weighted by molar-refractivity contribution is 6.31. The van der Waals surface area contributed by atoms with Crippen LogP contribution in [0, 0.1) is 0 Å². The SMILES string of the molecule is C[SiH2]C.C[SiH3]. The van der Waals surface area contributed by atoms with E-state index in [1.54, 1.807) is 0 Å². The zero-order valence-corrected chi connectivity index (χ0v) is 8.12. The van der Waals surface area contributed by atoms with E-state index in [0.717, 1.165) is 0 Å². The van der Waals surface area contributed by atoms with Crippen LogP contribution in [-0.4, -0.2) is 19.8 Å². The van der Waals surface area contributed by atoms with Crippen LogP contribution in [0.5, 0.6) is 0 Å². The molecule has 0 aromatic carbocycles. The van der Waals surface area contributed by atoms with Crippen LogP contribution in [0.2, 0.25) is 19.6 Å². The fourth-order valence-corrected chi connectivity index (χ4v) is 0. The van der Waals surface area contributed by atoms with Gasteiger partial charge < -0.3 is 0 Å². The van der Waals surface area contributed by atoms with Crippen molar-refractivity contribution in [1.29, 1.82) is 0 Å². The Balaban J connectivity index is 0. The van der Waals surface area contributed by atoms with E-state index in [0.29, 0.717) is 9.52 Å². The summed E-state index contributed by atoms with van der Waals surface area (Å²) in [5.74, 6) is 0. The van der Waals surface area contributed by atoms with E-state index in [-0.39, 0.29) is 0 Å². The first-order valence-electron chi connectivity index (χ1n) is 2.41. The zero-order chi connectivity index (χ0) is 4.71. The van der Waals surface area contributed by atoms with Crippen LogP contribution >= 0.6 is 0 Å². The Bertz CT molecular complexity index is 4.85. The Labute approximate surface area is 40.2 Å². The molecule has 0 heterocycles. The van der Waals surface area contributed by atoms with Crippen molar-refractivity contribution < 1.29 is 0 Å². The lowest BCUT2D eigenvalue weighted by Crippen LogP contribution is -1.53.